The highest BCUT2D eigenvalue weighted by atomic mass is 16.5. The molecule has 0 aliphatic rings. The van der Waals surface area contributed by atoms with Gasteiger partial charge >= 0.3 is 0 Å². The van der Waals surface area contributed by atoms with E-state index < -0.39 is 0 Å². The van der Waals surface area contributed by atoms with Gasteiger partial charge in [-0.2, -0.15) is 0 Å². The molecule has 0 radical (unpaired) electrons. The largest absolute Gasteiger partial charge is 0.373 e. The van der Waals surface area contributed by atoms with Crippen LogP contribution in [0.1, 0.15) is 16.1 Å². The highest BCUT2D eigenvalue weighted by Gasteiger charge is 2.06. The van der Waals surface area contributed by atoms with Crippen molar-refractivity contribution in [3.63, 3.8) is 0 Å². The fraction of sp³-hybridized carbons (Fsp3) is 0.182. The monoisotopic (exact) mass is 232 g/mol. The third kappa shape index (κ3) is 2.81. The summed E-state index contributed by atoms with van der Waals surface area (Å²) < 4.78 is 4.87. The van der Waals surface area contributed by atoms with E-state index in [4.69, 9.17) is 4.52 Å². The summed E-state index contributed by atoms with van der Waals surface area (Å²) >= 11 is 0. The zero-order valence-corrected chi connectivity index (χ0v) is 9.30. The molecule has 0 fully saturated rings. The van der Waals surface area contributed by atoms with Gasteiger partial charge in [0.2, 0.25) is 0 Å². The third-order valence-corrected chi connectivity index (χ3v) is 2.20. The maximum absolute atomic E-state index is 11.7. The van der Waals surface area contributed by atoms with E-state index in [0.29, 0.717) is 17.9 Å². The molecular formula is C11H12N4O2. The summed E-state index contributed by atoms with van der Waals surface area (Å²) in [5.74, 6) is 1.13. The lowest BCUT2D eigenvalue weighted by atomic mass is 10.2. The first-order chi connectivity index (χ1) is 8.29. The quantitative estimate of drug-likeness (QED) is 0.823. The number of carbonyl (C=O) groups excluding carboxylic acids is 1. The third-order valence-electron chi connectivity index (χ3n) is 2.20. The number of anilines is 1. The van der Waals surface area contributed by atoms with Crippen molar-refractivity contribution in [3.05, 3.63) is 41.9 Å². The van der Waals surface area contributed by atoms with Crippen molar-refractivity contribution in [3.8, 4) is 0 Å². The lowest BCUT2D eigenvalue weighted by Gasteiger charge is -2.03. The normalized spacial score (nSPS) is 9.94. The number of aromatic nitrogens is 2. The SMILES string of the molecule is CNc1ccc(C(=O)NCc2ccno2)cn1. The number of pyridine rings is 1. The average Bonchev–Trinajstić information content (AvgIpc) is 2.89. The van der Waals surface area contributed by atoms with Crippen LogP contribution in [-0.2, 0) is 6.54 Å². The zero-order chi connectivity index (χ0) is 12.1. The van der Waals surface area contributed by atoms with Crippen LogP contribution >= 0.6 is 0 Å². The number of amides is 1. The summed E-state index contributed by atoms with van der Waals surface area (Å²) in [5.41, 5.74) is 0.503. The Morgan fingerprint density at radius 3 is 2.88 bits per heavy atom. The molecule has 0 aliphatic carbocycles. The van der Waals surface area contributed by atoms with Crippen LogP contribution in [0.4, 0.5) is 5.82 Å². The zero-order valence-electron chi connectivity index (χ0n) is 9.30. The van der Waals surface area contributed by atoms with Gasteiger partial charge in [0.1, 0.15) is 5.82 Å². The minimum absolute atomic E-state index is 0.198. The van der Waals surface area contributed by atoms with Gasteiger partial charge in [-0.3, -0.25) is 4.79 Å². The van der Waals surface area contributed by atoms with Crippen molar-refractivity contribution >= 4 is 11.7 Å². The van der Waals surface area contributed by atoms with Crippen molar-refractivity contribution in [2.45, 2.75) is 6.54 Å². The number of hydrogen-bond acceptors (Lipinski definition) is 5. The second-order valence-electron chi connectivity index (χ2n) is 3.34. The summed E-state index contributed by atoms with van der Waals surface area (Å²) in [6.07, 6.45) is 3.05. The molecule has 2 heterocycles. The predicted molar refractivity (Wildman–Crippen MR) is 61.5 cm³/mol. The Morgan fingerprint density at radius 2 is 2.29 bits per heavy atom. The van der Waals surface area contributed by atoms with Gasteiger partial charge in [0, 0.05) is 19.3 Å². The van der Waals surface area contributed by atoms with Gasteiger partial charge < -0.3 is 15.2 Å². The van der Waals surface area contributed by atoms with E-state index in [1.54, 1.807) is 25.2 Å². The minimum atomic E-state index is -0.198. The molecule has 6 heteroatoms. The van der Waals surface area contributed by atoms with Crippen LogP contribution in [0.2, 0.25) is 0 Å². The van der Waals surface area contributed by atoms with Crippen LogP contribution in [0, 0.1) is 0 Å². The molecule has 6 nitrogen and oxygen atoms in total. The lowest BCUT2D eigenvalue weighted by Crippen LogP contribution is -2.22. The van der Waals surface area contributed by atoms with E-state index in [-0.39, 0.29) is 5.91 Å². The Morgan fingerprint density at radius 1 is 1.41 bits per heavy atom. The van der Waals surface area contributed by atoms with Crippen LogP contribution < -0.4 is 10.6 Å². The molecule has 1 amide bonds. The van der Waals surface area contributed by atoms with E-state index in [0.717, 1.165) is 5.82 Å². The predicted octanol–water partition coefficient (Wildman–Crippen LogP) is 1.04. The number of hydrogen-bond donors (Lipinski definition) is 2. The molecule has 0 saturated heterocycles. The molecule has 0 saturated carbocycles. The topological polar surface area (TPSA) is 80.0 Å². The van der Waals surface area contributed by atoms with Crippen molar-refractivity contribution in [1.29, 1.82) is 0 Å². The van der Waals surface area contributed by atoms with Crippen LogP contribution in [-0.4, -0.2) is 23.1 Å². The summed E-state index contributed by atoms with van der Waals surface area (Å²) in [4.78, 5) is 15.8. The Kier molecular flexibility index (Phi) is 3.34. The highest BCUT2D eigenvalue weighted by molar-refractivity contribution is 5.93. The molecule has 17 heavy (non-hydrogen) atoms. The standard InChI is InChI=1S/C11H12N4O2/c1-12-10-3-2-8(6-13-10)11(16)14-7-9-4-5-15-17-9/h2-6H,7H2,1H3,(H,12,13)(H,14,16). The first kappa shape index (κ1) is 11.1. The van der Waals surface area contributed by atoms with Gasteiger partial charge in [0.05, 0.1) is 18.3 Å². The van der Waals surface area contributed by atoms with Crippen molar-refractivity contribution < 1.29 is 9.32 Å². The number of nitrogens with zero attached hydrogens (tertiary/aromatic N) is 2. The van der Waals surface area contributed by atoms with Crippen LogP contribution in [0.15, 0.2) is 35.1 Å². The molecule has 0 unspecified atom stereocenters. The first-order valence-electron chi connectivity index (χ1n) is 5.11. The number of nitrogens with one attached hydrogen (secondary N) is 2. The van der Waals surface area contributed by atoms with Gasteiger partial charge in [-0.05, 0) is 12.1 Å². The second-order valence-corrected chi connectivity index (χ2v) is 3.34. The van der Waals surface area contributed by atoms with E-state index in [1.807, 2.05) is 0 Å². The minimum Gasteiger partial charge on any atom is -0.373 e. The van der Waals surface area contributed by atoms with E-state index in [9.17, 15) is 4.79 Å². The van der Waals surface area contributed by atoms with Crippen molar-refractivity contribution in [2.75, 3.05) is 12.4 Å². The average molecular weight is 232 g/mol. The molecule has 0 atom stereocenters. The highest BCUT2D eigenvalue weighted by Crippen LogP contribution is 2.04. The smallest absolute Gasteiger partial charge is 0.253 e. The van der Waals surface area contributed by atoms with Crippen LogP contribution in [0.25, 0.3) is 0 Å². The number of carbonyl (C=O) groups is 1. The Balaban J connectivity index is 1.95. The van der Waals surface area contributed by atoms with Gasteiger partial charge in [-0.25, -0.2) is 4.98 Å². The van der Waals surface area contributed by atoms with Crippen LogP contribution in [0.3, 0.4) is 0 Å². The molecule has 88 valence electrons. The Hall–Kier alpha value is -2.37. The van der Waals surface area contributed by atoms with Gasteiger partial charge in [0.15, 0.2) is 5.76 Å². The molecule has 0 aliphatic heterocycles. The molecular weight excluding hydrogens is 220 g/mol. The maximum Gasteiger partial charge on any atom is 0.253 e. The molecule has 0 aromatic carbocycles. The summed E-state index contributed by atoms with van der Waals surface area (Å²) in [7, 11) is 1.77. The van der Waals surface area contributed by atoms with Gasteiger partial charge in [-0.1, -0.05) is 5.16 Å². The summed E-state index contributed by atoms with van der Waals surface area (Å²) in [5, 5.41) is 9.14. The van der Waals surface area contributed by atoms with Crippen molar-refractivity contribution in [2.24, 2.45) is 0 Å². The van der Waals surface area contributed by atoms with E-state index in [1.165, 1.54) is 12.4 Å². The number of rotatable bonds is 4. The first-order valence-corrected chi connectivity index (χ1v) is 5.11. The summed E-state index contributed by atoms with van der Waals surface area (Å²) in [6, 6.07) is 5.14. The van der Waals surface area contributed by atoms with Crippen LogP contribution in [0.5, 0.6) is 0 Å². The fourth-order valence-corrected chi connectivity index (χ4v) is 1.28. The Bertz CT molecular complexity index is 479. The summed E-state index contributed by atoms with van der Waals surface area (Å²) in [6.45, 7) is 0.312. The lowest BCUT2D eigenvalue weighted by molar-refractivity contribution is 0.0946. The van der Waals surface area contributed by atoms with E-state index >= 15 is 0 Å². The molecule has 0 bridgehead atoms. The molecule has 2 N–H and O–H groups in total. The second kappa shape index (κ2) is 5.11. The molecule has 2 aromatic heterocycles. The van der Waals surface area contributed by atoms with E-state index in [2.05, 4.69) is 20.8 Å². The Labute approximate surface area is 98.0 Å². The maximum atomic E-state index is 11.7. The molecule has 0 spiro atoms. The molecule has 2 rings (SSSR count). The van der Waals surface area contributed by atoms with Gasteiger partial charge in [-0.15, -0.1) is 0 Å². The molecule has 2 aromatic rings. The van der Waals surface area contributed by atoms with Crippen molar-refractivity contribution in [1.82, 2.24) is 15.5 Å². The fourth-order valence-electron chi connectivity index (χ4n) is 1.28. The van der Waals surface area contributed by atoms with Gasteiger partial charge in [0.25, 0.3) is 5.91 Å².